The van der Waals surface area contributed by atoms with Gasteiger partial charge in [-0.1, -0.05) is 0 Å². The van der Waals surface area contributed by atoms with E-state index in [-0.39, 0.29) is 11.8 Å². The third-order valence-corrected chi connectivity index (χ3v) is 2.81. The SMILES string of the molecule is CC(C)(C)OC(=O)N1CCNC2(CCO2)C1. The summed E-state index contributed by atoms with van der Waals surface area (Å²) in [6.45, 7) is 8.43. The third kappa shape index (κ3) is 2.47. The minimum Gasteiger partial charge on any atom is -0.444 e. The van der Waals surface area contributed by atoms with Gasteiger partial charge in [-0.3, -0.25) is 5.32 Å². The highest BCUT2D eigenvalue weighted by molar-refractivity contribution is 5.68. The van der Waals surface area contributed by atoms with Crippen LogP contribution in [0.25, 0.3) is 0 Å². The topological polar surface area (TPSA) is 50.8 Å². The lowest BCUT2D eigenvalue weighted by Crippen LogP contribution is -2.67. The highest BCUT2D eigenvalue weighted by atomic mass is 16.6. The molecular formula is C11H20N2O3. The number of hydrogen-bond donors (Lipinski definition) is 1. The molecule has 0 saturated carbocycles. The molecule has 1 amide bonds. The number of rotatable bonds is 0. The van der Waals surface area contributed by atoms with Crippen LogP contribution >= 0.6 is 0 Å². The number of nitrogens with zero attached hydrogens (tertiary/aromatic N) is 1. The molecule has 0 aliphatic carbocycles. The van der Waals surface area contributed by atoms with Crippen molar-refractivity contribution in [1.29, 1.82) is 0 Å². The van der Waals surface area contributed by atoms with Gasteiger partial charge in [0.15, 0.2) is 0 Å². The zero-order valence-corrected chi connectivity index (χ0v) is 10.2. The van der Waals surface area contributed by atoms with E-state index in [1.807, 2.05) is 20.8 Å². The van der Waals surface area contributed by atoms with E-state index in [4.69, 9.17) is 9.47 Å². The van der Waals surface area contributed by atoms with E-state index < -0.39 is 5.60 Å². The molecule has 0 radical (unpaired) electrons. The van der Waals surface area contributed by atoms with Crippen molar-refractivity contribution in [3.8, 4) is 0 Å². The molecule has 2 heterocycles. The first kappa shape index (κ1) is 11.7. The van der Waals surface area contributed by atoms with E-state index in [1.54, 1.807) is 4.90 Å². The predicted octanol–water partition coefficient (Wildman–Crippen LogP) is 0.943. The average Bonchev–Trinajstić information content (AvgIpc) is 2.13. The molecule has 2 aliphatic rings. The van der Waals surface area contributed by atoms with Crippen LogP contribution in [0.5, 0.6) is 0 Å². The van der Waals surface area contributed by atoms with E-state index in [2.05, 4.69) is 5.32 Å². The van der Waals surface area contributed by atoms with Crippen molar-refractivity contribution in [2.24, 2.45) is 0 Å². The molecule has 1 spiro atoms. The number of nitrogens with one attached hydrogen (secondary N) is 1. The third-order valence-electron chi connectivity index (χ3n) is 2.81. The van der Waals surface area contributed by atoms with Gasteiger partial charge in [0.1, 0.15) is 11.3 Å². The maximum Gasteiger partial charge on any atom is 0.410 e. The van der Waals surface area contributed by atoms with Crippen LogP contribution in [0.1, 0.15) is 27.2 Å². The van der Waals surface area contributed by atoms with Crippen LogP contribution < -0.4 is 5.32 Å². The predicted molar refractivity (Wildman–Crippen MR) is 59.1 cm³/mol. The van der Waals surface area contributed by atoms with E-state index in [0.717, 1.165) is 19.6 Å². The van der Waals surface area contributed by atoms with E-state index >= 15 is 0 Å². The summed E-state index contributed by atoms with van der Waals surface area (Å²) in [4.78, 5) is 13.6. The molecule has 0 bridgehead atoms. The van der Waals surface area contributed by atoms with E-state index in [9.17, 15) is 4.79 Å². The van der Waals surface area contributed by atoms with Crippen molar-refractivity contribution in [3.05, 3.63) is 0 Å². The van der Waals surface area contributed by atoms with Gasteiger partial charge in [-0.2, -0.15) is 0 Å². The van der Waals surface area contributed by atoms with Crippen molar-refractivity contribution in [2.75, 3.05) is 26.2 Å². The molecule has 2 fully saturated rings. The Morgan fingerprint density at radius 1 is 1.50 bits per heavy atom. The number of hydrogen-bond acceptors (Lipinski definition) is 4. The van der Waals surface area contributed by atoms with Gasteiger partial charge < -0.3 is 14.4 Å². The Balaban J connectivity index is 1.91. The van der Waals surface area contributed by atoms with Gasteiger partial charge in [-0.25, -0.2) is 4.79 Å². The second-order valence-corrected chi connectivity index (χ2v) is 5.42. The van der Waals surface area contributed by atoms with Gasteiger partial charge in [0.25, 0.3) is 0 Å². The summed E-state index contributed by atoms with van der Waals surface area (Å²) < 4.78 is 10.9. The standard InChI is InChI=1S/C11H20N2O3/c1-10(2,3)16-9(14)13-6-5-12-11(8-13)4-7-15-11/h12H,4-8H2,1-3H3. The maximum absolute atomic E-state index is 11.9. The van der Waals surface area contributed by atoms with Crippen LogP contribution in [-0.2, 0) is 9.47 Å². The minimum absolute atomic E-state index is 0.246. The first-order valence-corrected chi connectivity index (χ1v) is 5.77. The molecule has 1 atom stereocenters. The van der Waals surface area contributed by atoms with Crippen LogP contribution in [0.3, 0.4) is 0 Å². The fourth-order valence-electron chi connectivity index (χ4n) is 1.96. The summed E-state index contributed by atoms with van der Waals surface area (Å²) in [7, 11) is 0. The molecule has 0 aromatic rings. The first-order valence-electron chi connectivity index (χ1n) is 5.77. The quantitative estimate of drug-likeness (QED) is 0.670. The van der Waals surface area contributed by atoms with Crippen molar-refractivity contribution < 1.29 is 14.3 Å². The summed E-state index contributed by atoms with van der Waals surface area (Å²) in [5.74, 6) is 0. The van der Waals surface area contributed by atoms with Gasteiger partial charge in [-0.05, 0) is 20.8 Å². The van der Waals surface area contributed by atoms with Crippen molar-refractivity contribution in [3.63, 3.8) is 0 Å². The summed E-state index contributed by atoms with van der Waals surface area (Å²) >= 11 is 0. The smallest absolute Gasteiger partial charge is 0.410 e. The summed E-state index contributed by atoms with van der Waals surface area (Å²) in [5, 5.41) is 3.31. The molecule has 2 aliphatic heterocycles. The number of amides is 1. The summed E-state index contributed by atoms with van der Waals surface area (Å²) in [6.07, 6.45) is 0.718. The molecule has 0 aromatic carbocycles. The second kappa shape index (κ2) is 3.89. The fraction of sp³-hybridized carbons (Fsp3) is 0.909. The summed E-state index contributed by atoms with van der Waals surface area (Å²) in [6, 6.07) is 0. The molecule has 2 saturated heterocycles. The van der Waals surface area contributed by atoms with Gasteiger partial charge in [0.05, 0.1) is 13.2 Å². The van der Waals surface area contributed by atoms with Crippen molar-refractivity contribution in [2.45, 2.75) is 38.5 Å². The monoisotopic (exact) mass is 228 g/mol. The number of carbonyl (C=O) groups excluding carboxylic acids is 1. The Morgan fingerprint density at radius 3 is 2.69 bits per heavy atom. The number of piperazine rings is 1. The minimum atomic E-state index is -0.435. The molecule has 92 valence electrons. The molecule has 5 heteroatoms. The Labute approximate surface area is 96.1 Å². The molecule has 5 nitrogen and oxygen atoms in total. The first-order chi connectivity index (χ1) is 7.40. The normalized spacial score (nSPS) is 30.1. The molecular weight excluding hydrogens is 208 g/mol. The highest BCUT2D eigenvalue weighted by Gasteiger charge is 2.43. The largest absolute Gasteiger partial charge is 0.444 e. The fourth-order valence-corrected chi connectivity index (χ4v) is 1.96. The van der Waals surface area contributed by atoms with E-state index in [0.29, 0.717) is 13.1 Å². The Bertz CT molecular complexity index is 281. The van der Waals surface area contributed by atoms with Crippen LogP contribution in [0.4, 0.5) is 4.79 Å². The lowest BCUT2D eigenvalue weighted by molar-refractivity contribution is -0.189. The number of carbonyl (C=O) groups is 1. The molecule has 0 aromatic heterocycles. The van der Waals surface area contributed by atoms with Crippen LogP contribution in [-0.4, -0.2) is 48.6 Å². The van der Waals surface area contributed by atoms with Crippen molar-refractivity contribution in [1.82, 2.24) is 10.2 Å². The van der Waals surface area contributed by atoms with Crippen molar-refractivity contribution >= 4 is 6.09 Å². The maximum atomic E-state index is 11.9. The van der Waals surface area contributed by atoms with Crippen LogP contribution in [0.2, 0.25) is 0 Å². The Hall–Kier alpha value is -0.810. The lowest BCUT2D eigenvalue weighted by Gasteiger charge is -2.48. The summed E-state index contributed by atoms with van der Waals surface area (Å²) in [5.41, 5.74) is -0.731. The molecule has 2 rings (SSSR count). The van der Waals surface area contributed by atoms with Gasteiger partial charge >= 0.3 is 6.09 Å². The zero-order chi connectivity index (χ0) is 11.8. The van der Waals surface area contributed by atoms with Gasteiger partial charge in [0, 0.05) is 19.5 Å². The average molecular weight is 228 g/mol. The molecule has 16 heavy (non-hydrogen) atoms. The van der Waals surface area contributed by atoms with E-state index in [1.165, 1.54) is 0 Å². The van der Waals surface area contributed by atoms with Gasteiger partial charge in [0.2, 0.25) is 0 Å². The number of ether oxygens (including phenoxy) is 2. The lowest BCUT2D eigenvalue weighted by atomic mass is 10.0. The molecule has 1 N–H and O–H groups in total. The van der Waals surface area contributed by atoms with Gasteiger partial charge in [-0.15, -0.1) is 0 Å². The van der Waals surface area contributed by atoms with Crippen LogP contribution in [0, 0.1) is 0 Å². The zero-order valence-electron chi connectivity index (χ0n) is 10.2. The second-order valence-electron chi connectivity index (χ2n) is 5.42. The van der Waals surface area contributed by atoms with Crippen LogP contribution in [0.15, 0.2) is 0 Å². The Morgan fingerprint density at radius 2 is 2.19 bits per heavy atom. The Kier molecular flexibility index (Phi) is 2.84. The highest BCUT2D eigenvalue weighted by Crippen LogP contribution is 2.27. The molecule has 1 unspecified atom stereocenters.